The SMILES string of the molecule is Cc1ccc(NS(=O)(=O)c2ccc(N=Cc3ccccc3[N+](=O)[O-])cc2)c(C)c1. The molecule has 0 aliphatic rings. The van der Waals surface area contributed by atoms with Crippen LogP contribution in [0.4, 0.5) is 17.1 Å². The molecule has 3 aromatic rings. The molecule has 7 nitrogen and oxygen atoms in total. The first-order valence-corrected chi connectivity index (χ1v) is 10.2. The quantitative estimate of drug-likeness (QED) is 0.360. The first kappa shape index (κ1) is 20.2. The fourth-order valence-electron chi connectivity index (χ4n) is 2.75. The maximum atomic E-state index is 12.6. The molecular formula is C21H19N3O4S. The van der Waals surface area contributed by atoms with Gasteiger partial charge in [-0.3, -0.25) is 19.8 Å². The van der Waals surface area contributed by atoms with Crippen molar-refractivity contribution in [2.45, 2.75) is 18.7 Å². The summed E-state index contributed by atoms with van der Waals surface area (Å²) in [7, 11) is -3.74. The number of aryl methyl sites for hydroxylation is 2. The Morgan fingerprint density at radius 3 is 2.34 bits per heavy atom. The summed E-state index contributed by atoms with van der Waals surface area (Å²) in [5, 5.41) is 11.1. The van der Waals surface area contributed by atoms with Crippen molar-refractivity contribution in [1.29, 1.82) is 0 Å². The highest BCUT2D eigenvalue weighted by Crippen LogP contribution is 2.23. The van der Waals surface area contributed by atoms with Gasteiger partial charge in [-0.15, -0.1) is 0 Å². The van der Waals surface area contributed by atoms with E-state index in [-0.39, 0.29) is 10.6 Å². The third kappa shape index (κ3) is 4.85. The van der Waals surface area contributed by atoms with Gasteiger partial charge < -0.3 is 0 Å². The number of aliphatic imine (C=N–C) groups is 1. The standard InChI is InChI=1S/C21H19N3O4S/c1-15-7-12-20(16(2)13-15)23-29(27,28)19-10-8-18(9-11-19)22-14-17-5-3-4-6-21(17)24(25)26/h3-14,23H,1-2H3. The molecule has 1 N–H and O–H groups in total. The number of hydrogen-bond donors (Lipinski definition) is 1. The van der Waals surface area contributed by atoms with Gasteiger partial charge >= 0.3 is 0 Å². The van der Waals surface area contributed by atoms with Gasteiger partial charge in [-0.1, -0.05) is 29.8 Å². The molecular weight excluding hydrogens is 390 g/mol. The molecule has 0 aliphatic heterocycles. The Bertz CT molecular complexity index is 1190. The van der Waals surface area contributed by atoms with Crippen LogP contribution in [-0.4, -0.2) is 19.6 Å². The van der Waals surface area contributed by atoms with E-state index in [1.807, 2.05) is 26.0 Å². The average Bonchev–Trinajstić information content (AvgIpc) is 2.69. The van der Waals surface area contributed by atoms with Gasteiger partial charge in [-0.25, -0.2) is 8.42 Å². The number of nitro groups is 1. The lowest BCUT2D eigenvalue weighted by atomic mass is 10.1. The van der Waals surface area contributed by atoms with E-state index in [1.165, 1.54) is 24.4 Å². The molecule has 8 heteroatoms. The predicted octanol–water partition coefficient (Wildman–Crippen LogP) is 4.76. The van der Waals surface area contributed by atoms with Gasteiger partial charge in [0.2, 0.25) is 0 Å². The smallest absolute Gasteiger partial charge is 0.278 e. The molecule has 0 unspecified atom stereocenters. The zero-order valence-electron chi connectivity index (χ0n) is 15.9. The second-order valence-corrected chi connectivity index (χ2v) is 8.17. The zero-order chi connectivity index (χ0) is 21.0. The minimum absolute atomic E-state index is 0.0480. The summed E-state index contributed by atoms with van der Waals surface area (Å²) in [4.78, 5) is 14.9. The number of para-hydroxylation sites is 1. The third-order valence-electron chi connectivity index (χ3n) is 4.26. The van der Waals surface area contributed by atoms with Crippen LogP contribution in [0.25, 0.3) is 0 Å². The van der Waals surface area contributed by atoms with Gasteiger partial charge in [0.15, 0.2) is 0 Å². The summed E-state index contributed by atoms with van der Waals surface area (Å²) in [5.74, 6) is 0. The monoisotopic (exact) mass is 409 g/mol. The highest BCUT2D eigenvalue weighted by Gasteiger charge is 2.15. The van der Waals surface area contributed by atoms with E-state index in [0.717, 1.165) is 11.1 Å². The van der Waals surface area contributed by atoms with E-state index in [9.17, 15) is 18.5 Å². The van der Waals surface area contributed by atoms with Crippen molar-refractivity contribution in [2.24, 2.45) is 4.99 Å². The van der Waals surface area contributed by atoms with E-state index < -0.39 is 14.9 Å². The van der Waals surface area contributed by atoms with Crippen molar-refractivity contribution in [3.8, 4) is 0 Å². The van der Waals surface area contributed by atoms with Gasteiger partial charge in [0.1, 0.15) is 0 Å². The van der Waals surface area contributed by atoms with Crippen molar-refractivity contribution in [3.63, 3.8) is 0 Å². The average molecular weight is 409 g/mol. The Kier molecular flexibility index (Phi) is 5.74. The first-order valence-electron chi connectivity index (χ1n) is 8.74. The van der Waals surface area contributed by atoms with Crippen LogP contribution >= 0.6 is 0 Å². The number of nitro benzene ring substituents is 1. The number of nitrogens with one attached hydrogen (secondary N) is 1. The van der Waals surface area contributed by atoms with E-state index in [0.29, 0.717) is 16.9 Å². The lowest BCUT2D eigenvalue weighted by molar-refractivity contribution is -0.385. The number of rotatable bonds is 6. The van der Waals surface area contributed by atoms with Gasteiger partial charge in [-0.05, 0) is 55.8 Å². The maximum Gasteiger partial charge on any atom is 0.278 e. The van der Waals surface area contributed by atoms with Gasteiger partial charge in [0.25, 0.3) is 15.7 Å². The number of anilines is 1. The molecule has 3 rings (SSSR count). The fourth-order valence-corrected chi connectivity index (χ4v) is 3.88. The first-order chi connectivity index (χ1) is 13.8. The van der Waals surface area contributed by atoms with E-state index >= 15 is 0 Å². The number of sulfonamides is 1. The van der Waals surface area contributed by atoms with E-state index in [1.54, 1.807) is 36.4 Å². The Morgan fingerprint density at radius 2 is 1.69 bits per heavy atom. The third-order valence-corrected chi connectivity index (χ3v) is 5.64. The second kappa shape index (κ2) is 8.24. The van der Waals surface area contributed by atoms with Crippen molar-refractivity contribution in [3.05, 3.63) is 93.5 Å². The second-order valence-electron chi connectivity index (χ2n) is 6.49. The Hall–Kier alpha value is -3.52. The molecule has 3 aromatic carbocycles. The van der Waals surface area contributed by atoms with E-state index in [2.05, 4.69) is 9.71 Å². The molecule has 0 bridgehead atoms. The van der Waals surface area contributed by atoms with Crippen LogP contribution in [0.5, 0.6) is 0 Å². The lowest BCUT2D eigenvalue weighted by Gasteiger charge is -2.11. The molecule has 0 amide bonds. The Labute approximate surface area is 168 Å². The highest BCUT2D eigenvalue weighted by atomic mass is 32.2. The van der Waals surface area contributed by atoms with Crippen molar-refractivity contribution >= 4 is 33.3 Å². The van der Waals surface area contributed by atoms with Crippen LogP contribution in [-0.2, 0) is 10.0 Å². The summed E-state index contributed by atoms with van der Waals surface area (Å²) in [6, 6.07) is 17.7. The molecule has 148 valence electrons. The molecule has 0 spiro atoms. The van der Waals surface area contributed by atoms with Crippen LogP contribution < -0.4 is 4.72 Å². The molecule has 0 atom stereocenters. The molecule has 29 heavy (non-hydrogen) atoms. The summed E-state index contributed by atoms with van der Waals surface area (Å²) < 4.78 is 27.8. The molecule has 0 aliphatic carbocycles. The van der Waals surface area contributed by atoms with Crippen molar-refractivity contribution in [2.75, 3.05) is 4.72 Å². The summed E-state index contributed by atoms with van der Waals surface area (Å²) in [6.07, 6.45) is 1.38. The van der Waals surface area contributed by atoms with Crippen LogP contribution in [0.15, 0.2) is 76.6 Å². The Balaban J connectivity index is 1.80. The maximum absolute atomic E-state index is 12.6. The van der Waals surface area contributed by atoms with Gasteiger partial charge in [0, 0.05) is 12.3 Å². The van der Waals surface area contributed by atoms with Crippen LogP contribution in [0, 0.1) is 24.0 Å². The predicted molar refractivity (Wildman–Crippen MR) is 114 cm³/mol. The Morgan fingerprint density at radius 1 is 1.00 bits per heavy atom. The van der Waals surface area contributed by atoms with Crippen molar-refractivity contribution < 1.29 is 13.3 Å². The van der Waals surface area contributed by atoms with Crippen LogP contribution in [0.1, 0.15) is 16.7 Å². The lowest BCUT2D eigenvalue weighted by Crippen LogP contribution is -2.13. The zero-order valence-corrected chi connectivity index (χ0v) is 16.7. The largest absolute Gasteiger partial charge is 0.279 e. The summed E-state index contributed by atoms with van der Waals surface area (Å²) >= 11 is 0. The summed E-state index contributed by atoms with van der Waals surface area (Å²) in [5.41, 5.74) is 3.20. The molecule has 0 radical (unpaired) electrons. The van der Waals surface area contributed by atoms with Crippen LogP contribution in [0.3, 0.4) is 0 Å². The van der Waals surface area contributed by atoms with Gasteiger partial charge in [0.05, 0.1) is 26.8 Å². The molecule has 0 saturated heterocycles. The molecule has 0 heterocycles. The number of benzene rings is 3. The molecule has 0 fully saturated rings. The summed E-state index contributed by atoms with van der Waals surface area (Å²) in [6.45, 7) is 3.78. The minimum Gasteiger partial charge on any atom is -0.279 e. The topological polar surface area (TPSA) is 102 Å². The number of nitrogens with zero attached hydrogens (tertiary/aromatic N) is 2. The normalized spacial score (nSPS) is 11.5. The van der Waals surface area contributed by atoms with E-state index in [4.69, 9.17) is 0 Å². The fraction of sp³-hybridized carbons (Fsp3) is 0.0952. The van der Waals surface area contributed by atoms with Crippen molar-refractivity contribution in [1.82, 2.24) is 0 Å². The molecule has 0 saturated carbocycles. The van der Waals surface area contributed by atoms with Crippen LogP contribution in [0.2, 0.25) is 0 Å². The minimum atomic E-state index is -3.74. The number of hydrogen-bond acceptors (Lipinski definition) is 5. The highest BCUT2D eigenvalue weighted by molar-refractivity contribution is 7.92. The van der Waals surface area contributed by atoms with Gasteiger partial charge in [-0.2, -0.15) is 0 Å². The molecule has 0 aromatic heterocycles.